The predicted molar refractivity (Wildman–Crippen MR) is 127 cm³/mol. The van der Waals surface area contributed by atoms with E-state index in [1.54, 1.807) is 6.20 Å². The zero-order valence-electron chi connectivity index (χ0n) is 18.1. The lowest BCUT2D eigenvalue weighted by molar-refractivity contribution is 0.281. The van der Waals surface area contributed by atoms with Crippen LogP contribution in [0.5, 0.6) is 11.5 Å². The van der Waals surface area contributed by atoms with Crippen molar-refractivity contribution in [3.8, 4) is 11.5 Å². The lowest BCUT2D eigenvalue weighted by Crippen LogP contribution is -2.15. The molecule has 0 amide bonds. The van der Waals surface area contributed by atoms with Crippen molar-refractivity contribution in [2.24, 2.45) is 5.73 Å². The molecular weight excluding hydrogens is 410 g/mol. The van der Waals surface area contributed by atoms with E-state index >= 15 is 0 Å². The van der Waals surface area contributed by atoms with Crippen LogP contribution >= 0.6 is 11.6 Å². The van der Waals surface area contributed by atoms with Gasteiger partial charge in [0, 0.05) is 23.3 Å². The molecule has 0 saturated heterocycles. The highest BCUT2D eigenvalue weighted by molar-refractivity contribution is 6.31. The quantitative estimate of drug-likeness (QED) is 0.366. The summed E-state index contributed by atoms with van der Waals surface area (Å²) in [4.78, 5) is 6.57. The van der Waals surface area contributed by atoms with Crippen molar-refractivity contribution in [3.63, 3.8) is 0 Å². The largest absolute Gasteiger partial charge is 0.494 e. The summed E-state index contributed by atoms with van der Waals surface area (Å²) in [5.74, 6) is 1.92. The van der Waals surface area contributed by atoms with Gasteiger partial charge in [0.15, 0.2) is 5.76 Å². The molecule has 31 heavy (non-hydrogen) atoms. The van der Waals surface area contributed by atoms with E-state index in [0.29, 0.717) is 34.5 Å². The molecule has 2 N–H and O–H groups in total. The van der Waals surface area contributed by atoms with E-state index in [9.17, 15) is 0 Å². The van der Waals surface area contributed by atoms with Gasteiger partial charge in [-0.25, -0.2) is 0 Å². The molecule has 1 heterocycles. The van der Waals surface area contributed by atoms with Crippen LogP contribution in [-0.2, 0) is 0 Å². The molecule has 6 heteroatoms. The van der Waals surface area contributed by atoms with Crippen molar-refractivity contribution in [3.05, 3.63) is 88.7 Å². The summed E-state index contributed by atoms with van der Waals surface area (Å²) >= 11 is 6.30. The standard InChI is InChI=1S/C25H28ClN3O2/c1-18-21(8-6-9-22(18)26)24(27)25(23-10-4-5-15-28-23)31-20-13-11-19(12-14-20)30-17-7-16-29(2)3/h4-6,8-15H,7,16-17,27H2,1-3H3/b25-24+. The van der Waals surface area contributed by atoms with Gasteiger partial charge in [0.1, 0.15) is 17.2 Å². The average Bonchev–Trinajstić information content (AvgIpc) is 2.78. The van der Waals surface area contributed by atoms with E-state index in [-0.39, 0.29) is 0 Å². The molecule has 3 rings (SSSR count). The van der Waals surface area contributed by atoms with E-state index in [1.807, 2.05) is 67.6 Å². The molecule has 0 bridgehead atoms. The van der Waals surface area contributed by atoms with Gasteiger partial charge in [-0.3, -0.25) is 4.98 Å². The Hall–Kier alpha value is -3.02. The number of hydrogen-bond acceptors (Lipinski definition) is 5. The lowest BCUT2D eigenvalue weighted by Gasteiger charge is -2.16. The first-order chi connectivity index (χ1) is 15.0. The van der Waals surface area contributed by atoms with Gasteiger partial charge in [0.05, 0.1) is 12.3 Å². The lowest BCUT2D eigenvalue weighted by atomic mass is 10.0. The maximum atomic E-state index is 6.55. The minimum atomic E-state index is 0.475. The fraction of sp³-hybridized carbons (Fsp3) is 0.240. The Morgan fingerprint density at radius 3 is 2.42 bits per heavy atom. The number of aromatic nitrogens is 1. The summed E-state index contributed by atoms with van der Waals surface area (Å²) in [6, 6.07) is 18.8. The summed E-state index contributed by atoms with van der Waals surface area (Å²) in [6.45, 7) is 3.59. The molecule has 0 atom stereocenters. The van der Waals surface area contributed by atoms with Gasteiger partial charge in [-0.2, -0.15) is 0 Å². The third kappa shape index (κ3) is 6.23. The molecule has 0 aliphatic carbocycles. The van der Waals surface area contributed by atoms with Gasteiger partial charge in [-0.15, -0.1) is 0 Å². The first-order valence-corrected chi connectivity index (χ1v) is 10.6. The monoisotopic (exact) mass is 437 g/mol. The van der Waals surface area contributed by atoms with Crippen LogP contribution in [0, 0.1) is 6.92 Å². The molecule has 5 nitrogen and oxygen atoms in total. The highest BCUT2D eigenvalue weighted by Crippen LogP contribution is 2.30. The summed E-state index contributed by atoms with van der Waals surface area (Å²) in [7, 11) is 4.10. The molecule has 1 aromatic heterocycles. The topological polar surface area (TPSA) is 60.6 Å². The molecule has 162 valence electrons. The number of hydrogen-bond donors (Lipinski definition) is 1. The molecular formula is C25H28ClN3O2. The fourth-order valence-corrected chi connectivity index (χ4v) is 3.23. The SMILES string of the molecule is Cc1c(Cl)cccc1/C(N)=C(\Oc1ccc(OCCCN(C)C)cc1)c1ccccn1. The molecule has 0 spiro atoms. The molecule has 2 aromatic carbocycles. The first-order valence-electron chi connectivity index (χ1n) is 10.2. The molecule has 3 aromatic rings. The van der Waals surface area contributed by atoms with Crippen LogP contribution in [0.15, 0.2) is 66.9 Å². The zero-order chi connectivity index (χ0) is 22.2. The van der Waals surface area contributed by atoms with Crippen LogP contribution in [0.2, 0.25) is 5.02 Å². The molecule has 0 saturated carbocycles. The van der Waals surface area contributed by atoms with Crippen molar-refractivity contribution >= 4 is 23.1 Å². The van der Waals surface area contributed by atoms with E-state index in [2.05, 4.69) is 24.0 Å². The Labute approximate surface area is 189 Å². The highest BCUT2D eigenvalue weighted by Gasteiger charge is 2.15. The van der Waals surface area contributed by atoms with Crippen LogP contribution in [-0.4, -0.2) is 37.1 Å². The van der Waals surface area contributed by atoms with E-state index in [1.165, 1.54) is 0 Å². The van der Waals surface area contributed by atoms with Crippen LogP contribution in [0.25, 0.3) is 11.5 Å². The maximum absolute atomic E-state index is 6.55. The Balaban J connectivity index is 1.84. The Morgan fingerprint density at radius 2 is 1.74 bits per heavy atom. The normalized spacial score (nSPS) is 11.9. The van der Waals surface area contributed by atoms with Crippen LogP contribution < -0.4 is 15.2 Å². The Bertz CT molecular complexity index is 1020. The van der Waals surface area contributed by atoms with Gasteiger partial charge in [-0.1, -0.05) is 29.8 Å². The number of pyridine rings is 1. The first kappa shape index (κ1) is 22.7. The molecule has 0 aliphatic heterocycles. The third-order valence-electron chi connectivity index (χ3n) is 4.76. The van der Waals surface area contributed by atoms with Gasteiger partial charge in [0.2, 0.25) is 0 Å². The van der Waals surface area contributed by atoms with E-state index < -0.39 is 0 Å². The molecule has 0 radical (unpaired) electrons. The van der Waals surface area contributed by atoms with Crippen molar-refractivity contribution < 1.29 is 9.47 Å². The van der Waals surface area contributed by atoms with Crippen molar-refractivity contribution in [1.29, 1.82) is 0 Å². The van der Waals surface area contributed by atoms with Crippen LogP contribution in [0.1, 0.15) is 23.2 Å². The van der Waals surface area contributed by atoms with Crippen LogP contribution in [0.3, 0.4) is 0 Å². The van der Waals surface area contributed by atoms with Crippen molar-refractivity contribution in [1.82, 2.24) is 9.88 Å². The smallest absolute Gasteiger partial charge is 0.176 e. The molecule has 0 aliphatic rings. The highest BCUT2D eigenvalue weighted by atomic mass is 35.5. The second-order valence-electron chi connectivity index (χ2n) is 7.45. The second-order valence-corrected chi connectivity index (χ2v) is 7.86. The number of nitrogens with two attached hydrogens (primary N) is 1. The second kappa shape index (κ2) is 10.8. The number of rotatable bonds is 9. The van der Waals surface area contributed by atoms with Gasteiger partial charge in [-0.05, 0) is 75.5 Å². The zero-order valence-corrected chi connectivity index (χ0v) is 18.9. The van der Waals surface area contributed by atoms with E-state index in [0.717, 1.165) is 29.8 Å². The predicted octanol–water partition coefficient (Wildman–Crippen LogP) is 5.24. The molecule has 0 fully saturated rings. The number of halogens is 1. The summed E-state index contributed by atoms with van der Waals surface area (Å²) in [5.41, 5.74) is 9.37. The number of nitrogens with zero attached hydrogens (tertiary/aromatic N) is 2. The summed E-state index contributed by atoms with van der Waals surface area (Å²) in [6.07, 6.45) is 2.68. The number of ether oxygens (including phenoxy) is 2. The van der Waals surface area contributed by atoms with Gasteiger partial charge < -0.3 is 20.1 Å². The minimum Gasteiger partial charge on any atom is -0.494 e. The Morgan fingerprint density at radius 1 is 1.00 bits per heavy atom. The summed E-state index contributed by atoms with van der Waals surface area (Å²) < 4.78 is 12.0. The van der Waals surface area contributed by atoms with Gasteiger partial charge >= 0.3 is 0 Å². The van der Waals surface area contributed by atoms with Crippen molar-refractivity contribution in [2.45, 2.75) is 13.3 Å². The maximum Gasteiger partial charge on any atom is 0.176 e. The molecule has 0 unspecified atom stereocenters. The third-order valence-corrected chi connectivity index (χ3v) is 5.17. The van der Waals surface area contributed by atoms with Gasteiger partial charge in [0.25, 0.3) is 0 Å². The van der Waals surface area contributed by atoms with E-state index in [4.69, 9.17) is 26.8 Å². The number of benzene rings is 2. The minimum absolute atomic E-state index is 0.475. The Kier molecular flexibility index (Phi) is 7.93. The van der Waals surface area contributed by atoms with Crippen molar-refractivity contribution in [2.75, 3.05) is 27.2 Å². The average molecular weight is 438 g/mol. The fourth-order valence-electron chi connectivity index (χ4n) is 3.06. The summed E-state index contributed by atoms with van der Waals surface area (Å²) in [5, 5.41) is 0.650. The van der Waals surface area contributed by atoms with Crippen LogP contribution in [0.4, 0.5) is 0 Å².